The van der Waals surface area contributed by atoms with Crippen LogP contribution in [0.4, 0.5) is 5.82 Å². The van der Waals surface area contributed by atoms with E-state index in [1.54, 1.807) is 24.9 Å². The minimum atomic E-state index is 0.0961. The molecule has 0 bridgehead atoms. The Hall–Kier alpha value is -1.23. The average molecular weight is 171 g/mol. The van der Waals surface area contributed by atoms with Crippen molar-refractivity contribution in [3.63, 3.8) is 0 Å². The van der Waals surface area contributed by atoms with Crippen molar-refractivity contribution >= 4 is 5.82 Å². The molecule has 1 heterocycles. The van der Waals surface area contributed by atoms with Crippen LogP contribution in [0.1, 0.15) is 0 Å². The summed E-state index contributed by atoms with van der Waals surface area (Å²) >= 11 is 0. The zero-order valence-electron chi connectivity index (χ0n) is 7.24. The molecule has 0 unspecified atom stereocenters. The quantitative estimate of drug-likeness (QED) is 0.660. The van der Waals surface area contributed by atoms with Crippen molar-refractivity contribution in [2.24, 2.45) is 7.05 Å². The molecule has 0 atom stereocenters. The minimum Gasteiger partial charge on any atom is -0.481 e. The lowest BCUT2D eigenvalue weighted by Gasteiger charge is -1.96. The van der Waals surface area contributed by atoms with Crippen molar-refractivity contribution in [1.29, 1.82) is 0 Å². The number of anilines is 1. The Balaban J connectivity index is 2.62. The fourth-order valence-corrected chi connectivity index (χ4v) is 0.912. The maximum atomic E-state index is 8.53. The van der Waals surface area contributed by atoms with Gasteiger partial charge in [-0.3, -0.25) is 0 Å². The third-order valence-electron chi connectivity index (χ3n) is 1.46. The number of aliphatic hydroxyl groups excluding tert-OH is 1. The normalized spacial score (nSPS) is 9.92. The van der Waals surface area contributed by atoms with E-state index in [2.05, 4.69) is 10.4 Å². The highest BCUT2D eigenvalue weighted by Gasteiger charge is 2.02. The van der Waals surface area contributed by atoms with Gasteiger partial charge in [-0.25, -0.2) is 4.68 Å². The predicted molar refractivity (Wildman–Crippen MR) is 45.3 cm³/mol. The zero-order valence-corrected chi connectivity index (χ0v) is 7.24. The number of rotatable bonds is 4. The summed E-state index contributed by atoms with van der Waals surface area (Å²) in [4.78, 5) is 0. The third kappa shape index (κ3) is 1.88. The van der Waals surface area contributed by atoms with Gasteiger partial charge in [-0.1, -0.05) is 0 Å². The SMILES string of the molecule is COc1cc(NCCO)nn1C. The molecule has 0 radical (unpaired) electrons. The van der Waals surface area contributed by atoms with Gasteiger partial charge in [0.25, 0.3) is 0 Å². The maximum Gasteiger partial charge on any atom is 0.213 e. The molecule has 0 fully saturated rings. The topological polar surface area (TPSA) is 59.3 Å². The van der Waals surface area contributed by atoms with Gasteiger partial charge in [0.15, 0.2) is 5.82 Å². The van der Waals surface area contributed by atoms with Gasteiger partial charge in [0.1, 0.15) is 0 Å². The molecule has 68 valence electrons. The zero-order chi connectivity index (χ0) is 8.97. The molecule has 0 saturated carbocycles. The highest BCUT2D eigenvalue weighted by molar-refractivity contribution is 5.38. The summed E-state index contributed by atoms with van der Waals surface area (Å²) in [5, 5.41) is 15.5. The molecule has 1 aromatic rings. The van der Waals surface area contributed by atoms with E-state index in [9.17, 15) is 0 Å². The molecule has 0 aliphatic carbocycles. The molecule has 0 aliphatic rings. The largest absolute Gasteiger partial charge is 0.481 e. The lowest BCUT2D eigenvalue weighted by Crippen LogP contribution is -2.06. The molecule has 0 aliphatic heterocycles. The van der Waals surface area contributed by atoms with E-state index in [-0.39, 0.29) is 6.61 Å². The van der Waals surface area contributed by atoms with E-state index < -0.39 is 0 Å². The van der Waals surface area contributed by atoms with E-state index in [0.717, 1.165) is 0 Å². The van der Waals surface area contributed by atoms with Crippen molar-refractivity contribution in [1.82, 2.24) is 9.78 Å². The molecule has 5 nitrogen and oxygen atoms in total. The van der Waals surface area contributed by atoms with Crippen LogP contribution in [0, 0.1) is 0 Å². The van der Waals surface area contributed by atoms with Gasteiger partial charge in [0, 0.05) is 19.7 Å². The van der Waals surface area contributed by atoms with Crippen molar-refractivity contribution in [3.8, 4) is 5.88 Å². The molecule has 5 heteroatoms. The summed E-state index contributed by atoms with van der Waals surface area (Å²) in [6.07, 6.45) is 0. The molecule has 0 amide bonds. The van der Waals surface area contributed by atoms with Crippen molar-refractivity contribution < 1.29 is 9.84 Å². The van der Waals surface area contributed by atoms with Gasteiger partial charge < -0.3 is 15.2 Å². The first kappa shape index (κ1) is 8.86. The Kier molecular flexibility index (Phi) is 2.93. The first-order valence-corrected chi connectivity index (χ1v) is 3.70. The van der Waals surface area contributed by atoms with Crippen molar-refractivity contribution in [2.45, 2.75) is 0 Å². The molecular formula is C7H13N3O2. The highest BCUT2D eigenvalue weighted by Crippen LogP contribution is 2.14. The van der Waals surface area contributed by atoms with Crippen LogP contribution in [0.5, 0.6) is 5.88 Å². The molecular weight excluding hydrogens is 158 g/mol. The number of aliphatic hydroxyl groups is 1. The minimum absolute atomic E-state index is 0.0961. The van der Waals surface area contributed by atoms with E-state index in [0.29, 0.717) is 18.2 Å². The van der Waals surface area contributed by atoms with Crippen LogP contribution in [0.15, 0.2) is 6.07 Å². The number of aromatic nitrogens is 2. The fourth-order valence-electron chi connectivity index (χ4n) is 0.912. The van der Waals surface area contributed by atoms with E-state index in [4.69, 9.17) is 9.84 Å². The molecule has 0 aromatic carbocycles. The molecule has 2 N–H and O–H groups in total. The van der Waals surface area contributed by atoms with Crippen molar-refractivity contribution in [3.05, 3.63) is 6.07 Å². The summed E-state index contributed by atoms with van der Waals surface area (Å²) in [5.74, 6) is 1.40. The predicted octanol–water partition coefficient (Wildman–Crippen LogP) is -0.167. The fraction of sp³-hybridized carbons (Fsp3) is 0.571. The summed E-state index contributed by atoms with van der Waals surface area (Å²) in [7, 11) is 3.38. The van der Waals surface area contributed by atoms with E-state index in [1.165, 1.54) is 0 Å². The Morgan fingerprint density at radius 2 is 2.50 bits per heavy atom. The summed E-state index contributed by atoms with van der Waals surface area (Å²) in [5.41, 5.74) is 0. The first-order valence-electron chi connectivity index (χ1n) is 3.70. The van der Waals surface area contributed by atoms with Crippen LogP contribution < -0.4 is 10.1 Å². The lowest BCUT2D eigenvalue weighted by atomic mass is 10.6. The average Bonchev–Trinajstić information content (AvgIpc) is 2.43. The second-order valence-electron chi connectivity index (χ2n) is 2.35. The highest BCUT2D eigenvalue weighted by atomic mass is 16.5. The number of nitrogens with zero attached hydrogens (tertiary/aromatic N) is 2. The van der Waals surface area contributed by atoms with Crippen molar-refractivity contribution in [2.75, 3.05) is 25.6 Å². The van der Waals surface area contributed by atoms with Crippen LogP contribution in [0.3, 0.4) is 0 Å². The van der Waals surface area contributed by atoms with Crippen LogP contribution in [-0.2, 0) is 7.05 Å². The first-order chi connectivity index (χ1) is 5.77. The number of ether oxygens (including phenoxy) is 1. The molecule has 0 spiro atoms. The van der Waals surface area contributed by atoms with E-state index >= 15 is 0 Å². The van der Waals surface area contributed by atoms with Gasteiger partial charge in [0.05, 0.1) is 13.7 Å². The number of hydrogen-bond acceptors (Lipinski definition) is 4. The van der Waals surface area contributed by atoms with Gasteiger partial charge >= 0.3 is 0 Å². The van der Waals surface area contributed by atoms with Gasteiger partial charge in [-0.2, -0.15) is 5.10 Å². The lowest BCUT2D eigenvalue weighted by molar-refractivity contribution is 0.311. The third-order valence-corrected chi connectivity index (χ3v) is 1.46. The van der Waals surface area contributed by atoms with Crippen LogP contribution in [0.2, 0.25) is 0 Å². The van der Waals surface area contributed by atoms with Gasteiger partial charge in [-0.15, -0.1) is 0 Å². The Morgan fingerprint density at radius 3 is 3.00 bits per heavy atom. The summed E-state index contributed by atoms with van der Waals surface area (Å²) in [6.45, 7) is 0.596. The van der Waals surface area contributed by atoms with Crippen LogP contribution in [0.25, 0.3) is 0 Å². The summed E-state index contributed by atoms with van der Waals surface area (Å²) in [6, 6.07) is 1.77. The molecule has 1 aromatic heterocycles. The maximum absolute atomic E-state index is 8.53. The second kappa shape index (κ2) is 3.96. The number of hydrogen-bond donors (Lipinski definition) is 2. The second-order valence-corrected chi connectivity index (χ2v) is 2.35. The Morgan fingerprint density at radius 1 is 1.75 bits per heavy atom. The smallest absolute Gasteiger partial charge is 0.213 e. The standard InChI is InChI=1S/C7H13N3O2/c1-10-7(12-2)5-6(9-10)8-3-4-11/h5,11H,3-4H2,1-2H3,(H,8,9). The van der Waals surface area contributed by atoms with E-state index in [1.807, 2.05) is 0 Å². The molecule has 0 saturated heterocycles. The number of aryl methyl sites for hydroxylation is 1. The van der Waals surface area contributed by atoms with Crippen LogP contribution in [-0.4, -0.2) is 35.1 Å². The van der Waals surface area contributed by atoms with Gasteiger partial charge in [0.2, 0.25) is 5.88 Å². The number of methoxy groups -OCH3 is 1. The van der Waals surface area contributed by atoms with Gasteiger partial charge in [-0.05, 0) is 0 Å². The molecule has 1 rings (SSSR count). The molecule has 12 heavy (non-hydrogen) atoms. The number of nitrogens with one attached hydrogen (secondary N) is 1. The van der Waals surface area contributed by atoms with Crippen LogP contribution >= 0.6 is 0 Å². The Bertz CT molecular complexity index is 247. The monoisotopic (exact) mass is 171 g/mol. The Labute approximate surface area is 71.0 Å². The summed E-state index contributed by atoms with van der Waals surface area (Å²) < 4.78 is 6.63.